The molecule has 0 aliphatic carbocycles. The number of piperazine rings is 1. The lowest BCUT2D eigenvalue weighted by atomic mass is 9.97. The predicted molar refractivity (Wildman–Crippen MR) is 142 cm³/mol. The fourth-order valence-corrected chi connectivity index (χ4v) is 5.79. The Hall–Kier alpha value is -3.44. The molecular weight excluding hydrogens is 535 g/mol. The number of nitrogens with zero attached hydrogens (tertiary/aromatic N) is 3. The van der Waals surface area contributed by atoms with Crippen LogP contribution in [-0.2, 0) is 0 Å². The third kappa shape index (κ3) is 4.78. The number of rotatable bonds is 6. The molecule has 3 aliphatic heterocycles. The Kier molecular flexibility index (Phi) is 7.39. The van der Waals surface area contributed by atoms with E-state index in [1.165, 1.54) is 31.0 Å². The Labute approximate surface area is 229 Å². The van der Waals surface area contributed by atoms with Gasteiger partial charge in [0.05, 0.1) is 31.5 Å². The smallest absolute Gasteiger partial charge is 0.260 e. The number of nitrogens with one attached hydrogen (secondary N) is 2. The molecule has 3 aliphatic rings. The predicted octanol–water partition coefficient (Wildman–Crippen LogP) is 4.68. The highest BCUT2D eigenvalue weighted by Crippen LogP contribution is 2.41. The van der Waals surface area contributed by atoms with Crippen molar-refractivity contribution in [3.05, 3.63) is 59.4 Å². The average molecular weight is 564 g/mol. The van der Waals surface area contributed by atoms with E-state index in [0.29, 0.717) is 35.1 Å². The number of methoxy groups -OCH3 is 2. The molecule has 2 bridgehead atoms. The fraction of sp³-hybridized carbons (Fsp3) is 0.407. The Bertz CT molecular complexity index is 1390. The normalized spacial score (nSPS) is 23.3. The summed E-state index contributed by atoms with van der Waals surface area (Å²) in [5.74, 6) is 0.462. The zero-order valence-electron chi connectivity index (χ0n) is 21.4. The molecule has 1 amide bonds. The van der Waals surface area contributed by atoms with E-state index < -0.39 is 24.3 Å². The molecule has 39 heavy (non-hydrogen) atoms. The van der Waals surface area contributed by atoms with Crippen LogP contribution < -0.4 is 20.1 Å². The third-order valence-corrected chi connectivity index (χ3v) is 7.76. The molecule has 6 rings (SSSR count). The van der Waals surface area contributed by atoms with E-state index in [4.69, 9.17) is 9.47 Å². The van der Waals surface area contributed by atoms with Crippen LogP contribution in [0.1, 0.15) is 40.8 Å². The van der Waals surface area contributed by atoms with Gasteiger partial charge in [-0.05, 0) is 42.7 Å². The summed E-state index contributed by atoms with van der Waals surface area (Å²) in [5.41, 5.74) is 1.51. The molecule has 2 N–H and O–H groups in total. The number of alkyl halides is 2. The van der Waals surface area contributed by atoms with Gasteiger partial charge in [0, 0.05) is 36.8 Å². The second kappa shape index (κ2) is 10.6. The molecule has 4 atom stereocenters. The third-order valence-electron chi connectivity index (χ3n) is 7.76. The van der Waals surface area contributed by atoms with Gasteiger partial charge in [0.1, 0.15) is 17.7 Å². The summed E-state index contributed by atoms with van der Waals surface area (Å²) in [6, 6.07) is 10.00. The van der Waals surface area contributed by atoms with Crippen molar-refractivity contribution in [3.8, 4) is 22.8 Å². The minimum Gasteiger partial charge on any atom is -0.493 e. The summed E-state index contributed by atoms with van der Waals surface area (Å²) in [5, 5.41) is 11.0. The van der Waals surface area contributed by atoms with Crippen LogP contribution >= 0.6 is 12.4 Å². The molecule has 4 heterocycles. The number of carbonyl (C=O) groups excluding carboxylic acids is 1. The van der Waals surface area contributed by atoms with Crippen LogP contribution in [0.5, 0.6) is 11.5 Å². The Balaban J connectivity index is 0.00000308. The number of ether oxygens (including phenoxy) is 2. The number of fused-ring (bicyclic) bond motifs is 3. The lowest BCUT2D eigenvalue weighted by Crippen LogP contribution is -2.46. The van der Waals surface area contributed by atoms with Crippen LogP contribution in [0.15, 0.2) is 42.5 Å². The molecule has 2 saturated heterocycles. The van der Waals surface area contributed by atoms with E-state index in [0.717, 1.165) is 18.5 Å². The minimum atomic E-state index is -2.66. The number of likely N-dealkylation sites (tertiary alicyclic amines) is 1. The summed E-state index contributed by atoms with van der Waals surface area (Å²) in [4.78, 5) is 14.7. The average Bonchev–Trinajstić information content (AvgIpc) is 3.67. The standard InChI is InChI=1S/C27H28F3N5O3.ClH/c1-37-23-6-4-15(8-24(23)38-2)20-10-22(26(29)30)35-25(32-20)11-21(33-35)14-3-5-18(19(28)7-14)27(36)34-13-16-9-17(34)12-31-16;/h3-8,11,16-17,20,22,26,31-32H,9-10,12-13H2,1-2H3;1H/t16-,17-,20?,22?;/m0./s1. The first kappa shape index (κ1) is 27.1. The summed E-state index contributed by atoms with van der Waals surface area (Å²) in [7, 11) is 3.05. The molecule has 2 fully saturated rings. The highest BCUT2D eigenvalue weighted by Gasteiger charge is 2.41. The maximum absolute atomic E-state index is 15.1. The second-order valence-electron chi connectivity index (χ2n) is 9.96. The van der Waals surface area contributed by atoms with Gasteiger partial charge in [0.25, 0.3) is 12.3 Å². The van der Waals surface area contributed by atoms with Crippen molar-refractivity contribution < 1.29 is 27.4 Å². The molecule has 208 valence electrons. The van der Waals surface area contributed by atoms with Gasteiger partial charge < -0.3 is 25.0 Å². The Morgan fingerprint density at radius 1 is 1.08 bits per heavy atom. The van der Waals surface area contributed by atoms with Crippen LogP contribution in [0.3, 0.4) is 0 Å². The number of carbonyl (C=O) groups is 1. The number of benzene rings is 2. The maximum atomic E-state index is 15.1. The molecule has 0 saturated carbocycles. The first-order valence-corrected chi connectivity index (χ1v) is 12.6. The monoisotopic (exact) mass is 563 g/mol. The van der Waals surface area contributed by atoms with Crippen molar-refractivity contribution in [2.45, 2.75) is 43.4 Å². The largest absolute Gasteiger partial charge is 0.493 e. The number of hydrogen-bond acceptors (Lipinski definition) is 6. The van der Waals surface area contributed by atoms with Gasteiger partial charge in [-0.15, -0.1) is 12.4 Å². The van der Waals surface area contributed by atoms with E-state index in [9.17, 15) is 13.6 Å². The molecule has 8 nitrogen and oxygen atoms in total. The van der Waals surface area contributed by atoms with E-state index in [2.05, 4.69) is 15.7 Å². The number of anilines is 1. The first-order valence-electron chi connectivity index (χ1n) is 12.6. The topological polar surface area (TPSA) is 80.7 Å². The SMILES string of the molecule is COc1ccc(C2CC(C(F)F)n3nc(-c4ccc(C(=O)N5C[C@@H]6C[C@H]5CN6)c(F)c4)cc3N2)cc1OC.Cl. The summed E-state index contributed by atoms with van der Waals surface area (Å²) in [6.45, 7) is 1.29. The van der Waals surface area contributed by atoms with Gasteiger partial charge >= 0.3 is 0 Å². The van der Waals surface area contributed by atoms with Gasteiger partial charge in [-0.1, -0.05) is 12.1 Å². The van der Waals surface area contributed by atoms with Crippen molar-refractivity contribution in [2.75, 3.05) is 32.6 Å². The highest BCUT2D eigenvalue weighted by molar-refractivity contribution is 5.95. The summed E-state index contributed by atoms with van der Waals surface area (Å²) in [6.07, 6.45) is -1.68. The van der Waals surface area contributed by atoms with Crippen molar-refractivity contribution >= 4 is 24.1 Å². The molecule has 3 aromatic rings. The molecule has 12 heteroatoms. The van der Waals surface area contributed by atoms with Crippen LogP contribution in [0.2, 0.25) is 0 Å². The van der Waals surface area contributed by atoms with Crippen molar-refractivity contribution in [2.24, 2.45) is 0 Å². The lowest BCUT2D eigenvalue weighted by molar-refractivity contribution is 0.0659. The summed E-state index contributed by atoms with van der Waals surface area (Å²) < 4.78 is 55.3. The van der Waals surface area contributed by atoms with Crippen LogP contribution in [0.4, 0.5) is 19.0 Å². The zero-order valence-corrected chi connectivity index (χ0v) is 22.2. The maximum Gasteiger partial charge on any atom is 0.260 e. The highest BCUT2D eigenvalue weighted by atomic mass is 35.5. The first-order chi connectivity index (χ1) is 18.4. The van der Waals surface area contributed by atoms with Crippen LogP contribution in [0, 0.1) is 5.82 Å². The van der Waals surface area contributed by atoms with E-state index in [1.54, 1.807) is 29.2 Å². The van der Waals surface area contributed by atoms with Gasteiger partial charge in [-0.25, -0.2) is 17.9 Å². The fourth-order valence-electron chi connectivity index (χ4n) is 5.79. The number of aromatic nitrogens is 2. The second-order valence-corrected chi connectivity index (χ2v) is 9.96. The van der Waals surface area contributed by atoms with Crippen LogP contribution in [0.25, 0.3) is 11.3 Å². The number of halogens is 4. The molecule has 0 spiro atoms. The van der Waals surface area contributed by atoms with Gasteiger partial charge in [0.2, 0.25) is 0 Å². The summed E-state index contributed by atoms with van der Waals surface area (Å²) >= 11 is 0. The Morgan fingerprint density at radius 3 is 2.51 bits per heavy atom. The van der Waals surface area contributed by atoms with E-state index in [-0.39, 0.29) is 42.4 Å². The van der Waals surface area contributed by atoms with Gasteiger partial charge in [-0.3, -0.25) is 4.79 Å². The van der Waals surface area contributed by atoms with Gasteiger partial charge in [-0.2, -0.15) is 5.10 Å². The zero-order chi connectivity index (χ0) is 26.6. The van der Waals surface area contributed by atoms with Crippen molar-refractivity contribution in [1.82, 2.24) is 20.0 Å². The van der Waals surface area contributed by atoms with Crippen molar-refractivity contribution in [1.29, 1.82) is 0 Å². The minimum absolute atomic E-state index is 0. The van der Waals surface area contributed by atoms with E-state index >= 15 is 4.39 Å². The molecule has 2 unspecified atom stereocenters. The molecule has 1 aromatic heterocycles. The Morgan fingerprint density at radius 2 is 1.87 bits per heavy atom. The molecular formula is C27H29ClF3N5O3. The molecule has 2 aromatic carbocycles. The quantitative estimate of drug-likeness (QED) is 0.453. The number of amides is 1. The lowest BCUT2D eigenvalue weighted by Gasteiger charge is -2.32. The van der Waals surface area contributed by atoms with E-state index in [1.807, 2.05) is 6.07 Å². The molecule has 0 radical (unpaired) electrons. The van der Waals surface area contributed by atoms with Gasteiger partial charge in [0.15, 0.2) is 11.5 Å². The number of hydrogen-bond donors (Lipinski definition) is 2. The van der Waals surface area contributed by atoms with Crippen LogP contribution in [-0.4, -0.2) is 66.4 Å². The van der Waals surface area contributed by atoms with Crippen molar-refractivity contribution in [3.63, 3.8) is 0 Å².